The molecule has 0 unspecified atom stereocenters. The zero-order valence-electron chi connectivity index (χ0n) is 14.5. The summed E-state index contributed by atoms with van der Waals surface area (Å²) in [5.74, 6) is -1.18. The minimum atomic E-state index is -0.678. The van der Waals surface area contributed by atoms with Crippen LogP contribution in [0.5, 0.6) is 0 Å². The molecule has 0 atom stereocenters. The molecule has 0 fully saturated rings. The maximum absolute atomic E-state index is 12.3. The van der Waals surface area contributed by atoms with Crippen LogP contribution in [0.15, 0.2) is 64.9 Å². The van der Waals surface area contributed by atoms with Crippen molar-refractivity contribution in [2.45, 2.75) is 10.1 Å². The molecule has 0 aliphatic heterocycles. The van der Waals surface area contributed by atoms with Gasteiger partial charge in [-0.05, 0) is 36.0 Å². The van der Waals surface area contributed by atoms with Crippen molar-refractivity contribution in [3.8, 4) is 0 Å². The van der Waals surface area contributed by atoms with Gasteiger partial charge in [0.25, 0.3) is 17.5 Å². The van der Waals surface area contributed by atoms with Crippen molar-refractivity contribution >= 4 is 29.3 Å². The number of benzene rings is 2. The van der Waals surface area contributed by atoms with Crippen LogP contribution in [-0.4, -0.2) is 31.5 Å². The maximum Gasteiger partial charge on any atom is 0.284 e. The quantitative estimate of drug-likeness (QED) is 0.496. The van der Waals surface area contributed by atoms with Crippen LogP contribution in [0, 0.1) is 10.1 Å². The van der Waals surface area contributed by atoms with Gasteiger partial charge in [0.1, 0.15) is 6.33 Å². The number of aromatic nitrogens is 3. The second-order valence-corrected chi connectivity index (χ2v) is 6.55. The minimum Gasteiger partial charge on any atom is -0.311 e. The van der Waals surface area contributed by atoms with Crippen LogP contribution >= 0.6 is 11.8 Å². The average Bonchev–Trinajstić information content (AvgIpc) is 3.11. The Hall–Kier alpha value is -3.73. The summed E-state index contributed by atoms with van der Waals surface area (Å²) >= 11 is 1.06. The molecule has 3 aromatic rings. The van der Waals surface area contributed by atoms with Crippen molar-refractivity contribution in [1.29, 1.82) is 0 Å². The van der Waals surface area contributed by atoms with Crippen LogP contribution in [-0.2, 0) is 7.05 Å². The highest BCUT2D eigenvalue weighted by Crippen LogP contribution is 2.34. The monoisotopic (exact) mass is 398 g/mol. The molecule has 2 aromatic carbocycles. The molecule has 1 heterocycles. The van der Waals surface area contributed by atoms with Gasteiger partial charge < -0.3 is 4.57 Å². The number of hydrogen-bond donors (Lipinski definition) is 2. The van der Waals surface area contributed by atoms with E-state index in [0.717, 1.165) is 17.8 Å². The summed E-state index contributed by atoms with van der Waals surface area (Å²) in [5, 5.41) is 19.5. The van der Waals surface area contributed by atoms with Crippen molar-refractivity contribution in [3.05, 3.63) is 76.1 Å². The van der Waals surface area contributed by atoms with E-state index in [1.165, 1.54) is 18.5 Å². The second kappa shape index (κ2) is 8.31. The number of amides is 2. The number of nitrogens with one attached hydrogen (secondary N) is 2. The summed E-state index contributed by atoms with van der Waals surface area (Å²) < 4.78 is 1.62. The number of hydrazine groups is 1. The molecular weight excluding hydrogens is 384 g/mol. The molecule has 0 bridgehead atoms. The van der Waals surface area contributed by atoms with E-state index in [9.17, 15) is 19.7 Å². The zero-order chi connectivity index (χ0) is 20.1. The van der Waals surface area contributed by atoms with Crippen LogP contribution in [0.1, 0.15) is 20.7 Å². The molecular formula is C17H14N6O4S. The summed E-state index contributed by atoms with van der Waals surface area (Å²) in [4.78, 5) is 35.4. The molecule has 0 aliphatic carbocycles. The normalized spacial score (nSPS) is 10.3. The van der Waals surface area contributed by atoms with Crippen LogP contribution < -0.4 is 10.9 Å². The van der Waals surface area contributed by atoms with Crippen LogP contribution in [0.2, 0.25) is 0 Å². The van der Waals surface area contributed by atoms with Crippen molar-refractivity contribution in [3.63, 3.8) is 0 Å². The number of nitro groups is 1. The molecule has 28 heavy (non-hydrogen) atoms. The summed E-state index contributed by atoms with van der Waals surface area (Å²) in [5.41, 5.74) is 4.65. The Balaban J connectivity index is 1.74. The molecule has 0 spiro atoms. The third-order valence-electron chi connectivity index (χ3n) is 3.61. The smallest absolute Gasteiger partial charge is 0.284 e. The van der Waals surface area contributed by atoms with Gasteiger partial charge in [0, 0.05) is 24.2 Å². The zero-order valence-corrected chi connectivity index (χ0v) is 15.3. The first-order chi connectivity index (χ1) is 13.5. The van der Waals surface area contributed by atoms with Crippen molar-refractivity contribution in [2.24, 2.45) is 7.05 Å². The van der Waals surface area contributed by atoms with E-state index in [1.54, 1.807) is 41.9 Å². The highest BCUT2D eigenvalue weighted by molar-refractivity contribution is 7.99. The summed E-state index contributed by atoms with van der Waals surface area (Å²) in [6.45, 7) is 0. The molecule has 11 heteroatoms. The number of carbonyl (C=O) groups is 2. The summed E-state index contributed by atoms with van der Waals surface area (Å²) in [6.07, 6.45) is 1.48. The van der Waals surface area contributed by atoms with Gasteiger partial charge in [-0.25, -0.2) is 0 Å². The minimum absolute atomic E-state index is 0.0300. The van der Waals surface area contributed by atoms with E-state index in [4.69, 9.17) is 0 Å². The molecule has 0 saturated heterocycles. The highest BCUT2D eigenvalue weighted by Gasteiger charge is 2.20. The Morgan fingerprint density at radius 2 is 1.75 bits per heavy atom. The van der Waals surface area contributed by atoms with Gasteiger partial charge in [-0.2, -0.15) is 0 Å². The highest BCUT2D eigenvalue weighted by atomic mass is 32.2. The van der Waals surface area contributed by atoms with Crippen molar-refractivity contribution < 1.29 is 14.5 Å². The Morgan fingerprint density at radius 3 is 2.36 bits per heavy atom. The maximum atomic E-state index is 12.3. The lowest BCUT2D eigenvalue weighted by molar-refractivity contribution is -0.387. The molecule has 142 valence electrons. The van der Waals surface area contributed by atoms with Gasteiger partial charge in [-0.15, -0.1) is 10.2 Å². The van der Waals surface area contributed by atoms with Gasteiger partial charge in [-0.1, -0.05) is 18.2 Å². The fourth-order valence-electron chi connectivity index (χ4n) is 2.20. The Morgan fingerprint density at radius 1 is 1.07 bits per heavy atom. The van der Waals surface area contributed by atoms with Gasteiger partial charge in [0.2, 0.25) is 0 Å². The Kier molecular flexibility index (Phi) is 5.65. The fourth-order valence-corrected chi connectivity index (χ4v) is 3.05. The number of aryl methyl sites for hydroxylation is 1. The SMILES string of the molecule is Cn1cnnc1Sc1ccc(C(=O)NNC(=O)c2ccccc2)cc1[N+](=O)[O-]. The average molecular weight is 398 g/mol. The van der Waals surface area contributed by atoms with E-state index in [1.807, 2.05) is 0 Å². The first kappa shape index (κ1) is 19.0. The topological polar surface area (TPSA) is 132 Å². The standard InChI is InChI=1S/C17H14N6O4S/c1-22-10-18-21-17(22)28-14-8-7-12(9-13(14)23(26)27)16(25)20-19-15(24)11-5-3-2-4-6-11/h2-10H,1H3,(H,19,24)(H,20,25). The van der Waals surface area contributed by atoms with Gasteiger partial charge in [0.15, 0.2) is 5.16 Å². The van der Waals surface area contributed by atoms with Crippen molar-refractivity contribution in [2.75, 3.05) is 0 Å². The second-order valence-electron chi connectivity index (χ2n) is 5.54. The molecule has 10 nitrogen and oxygen atoms in total. The lowest BCUT2D eigenvalue weighted by Crippen LogP contribution is -2.41. The summed E-state index contributed by atoms with van der Waals surface area (Å²) in [6, 6.07) is 12.3. The molecule has 1 aromatic heterocycles. The predicted molar refractivity (Wildman–Crippen MR) is 99.6 cm³/mol. The van der Waals surface area contributed by atoms with Crippen LogP contribution in [0.25, 0.3) is 0 Å². The van der Waals surface area contributed by atoms with Gasteiger partial charge in [0.05, 0.1) is 9.82 Å². The molecule has 2 N–H and O–H groups in total. The third kappa shape index (κ3) is 4.32. The number of nitrogens with zero attached hydrogens (tertiary/aromatic N) is 4. The first-order valence-corrected chi connectivity index (χ1v) is 8.73. The van der Waals surface area contributed by atoms with Gasteiger partial charge in [-0.3, -0.25) is 30.6 Å². The number of rotatable bonds is 5. The van der Waals surface area contributed by atoms with Crippen LogP contribution in [0.4, 0.5) is 5.69 Å². The Bertz CT molecular complexity index is 1040. The van der Waals surface area contributed by atoms with Crippen LogP contribution in [0.3, 0.4) is 0 Å². The predicted octanol–water partition coefficient (Wildman–Crippen LogP) is 1.95. The van der Waals surface area contributed by atoms with E-state index in [2.05, 4.69) is 21.0 Å². The lowest BCUT2D eigenvalue weighted by atomic mass is 10.2. The number of carbonyl (C=O) groups excluding carboxylic acids is 2. The molecule has 0 radical (unpaired) electrons. The van der Waals surface area contributed by atoms with Crippen molar-refractivity contribution in [1.82, 2.24) is 25.6 Å². The number of hydrogen-bond acceptors (Lipinski definition) is 7. The van der Waals surface area contributed by atoms with Gasteiger partial charge >= 0.3 is 0 Å². The Labute approximate surface area is 163 Å². The molecule has 0 aliphatic rings. The van der Waals surface area contributed by atoms with E-state index < -0.39 is 16.7 Å². The van der Waals surface area contributed by atoms with E-state index >= 15 is 0 Å². The largest absolute Gasteiger partial charge is 0.311 e. The third-order valence-corrected chi connectivity index (χ3v) is 4.73. The van der Waals surface area contributed by atoms with E-state index in [-0.39, 0.29) is 11.3 Å². The lowest BCUT2D eigenvalue weighted by Gasteiger charge is -2.08. The first-order valence-electron chi connectivity index (χ1n) is 7.91. The molecule has 0 saturated carbocycles. The molecule has 3 rings (SSSR count). The summed E-state index contributed by atoms with van der Waals surface area (Å²) in [7, 11) is 1.71. The fraction of sp³-hybridized carbons (Fsp3) is 0.0588. The van der Waals surface area contributed by atoms with E-state index in [0.29, 0.717) is 15.6 Å². The number of nitro benzene ring substituents is 1. The molecule has 2 amide bonds.